The fourth-order valence-corrected chi connectivity index (χ4v) is 2.82. The van der Waals surface area contributed by atoms with Gasteiger partial charge in [0.05, 0.1) is 12.7 Å². The molecular formula is C16H19N11O2. The van der Waals surface area contributed by atoms with Gasteiger partial charge in [-0.05, 0) is 12.8 Å². The molecule has 0 amide bonds. The Morgan fingerprint density at radius 3 is 2.31 bits per heavy atom. The van der Waals surface area contributed by atoms with E-state index in [1.54, 1.807) is 28.8 Å². The summed E-state index contributed by atoms with van der Waals surface area (Å²) in [5, 5.41) is 12.1. The molecule has 4 heterocycles. The maximum atomic E-state index is 11.2. The molecule has 13 nitrogen and oxygen atoms in total. The number of anilines is 3. The highest BCUT2D eigenvalue weighted by molar-refractivity contribution is 5.91. The molecule has 1 aliphatic carbocycles. The number of hydrogen-bond donors (Lipinski definition) is 4. The number of hydrogen-bond acceptors (Lipinski definition) is 10. The average molecular weight is 397 g/mol. The Morgan fingerprint density at radius 1 is 1.03 bits per heavy atom. The molecule has 0 unspecified atom stereocenters. The number of nitrogens with two attached hydrogens (primary N) is 2. The number of carbonyl (C=O) groups is 1. The van der Waals surface area contributed by atoms with Gasteiger partial charge in [-0.2, -0.15) is 9.97 Å². The van der Waals surface area contributed by atoms with Crippen LogP contribution in [0.15, 0.2) is 19.0 Å². The van der Waals surface area contributed by atoms with Gasteiger partial charge in [0.1, 0.15) is 17.4 Å². The minimum Gasteiger partial charge on any atom is -0.480 e. The molecule has 5 rings (SSSR count). The second-order valence-electron chi connectivity index (χ2n) is 6.76. The summed E-state index contributed by atoms with van der Waals surface area (Å²) in [7, 11) is 3.65. The number of nitrogen functional groups attached to an aromatic ring is 2. The molecular weight excluding hydrogens is 378 g/mol. The molecule has 150 valence electrons. The zero-order chi connectivity index (χ0) is 20.8. The van der Waals surface area contributed by atoms with Crippen molar-refractivity contribution in [2.45, 2.75) is 18.4 Å². The number of imidazole rings is 2. The fraction of sp³-hybridized carbons (Fsp3) is 0.312. The first-order valence-electron chi connectivity index (χ1n) is 8.64. The van der Waals surface area contributed by atoms with Gasteiger partial charge in [0.2, 0.25) is 5.95 Å². The molecule has 29 heavy (non-hydrogen) atoms. The van der Waals surface area contributed by atoms with Gasteiger partial charge in [-0.3, -0.25) is 0 Å². The lowest BCUT2D eigenvalue weighted by molar-refractivity contribution is -0.138. The highest BCUT2D eigenvalue weighted by Gasteiger charge is 2.51. The molecule has 4 aromatic rings. The Bertz CT molecular complexity index is 1220. The summed E-state index contributed by atoms with van der Waals surface area (Å²) in [4.78, 5) is 35.3. The number of fused-ring (bicyclic) bond motifs is 2. The van der Waals surface area contributed by atoms with Crippen LogP contribution < -0.4 is 16.8 Å². The minimum atomic E-state index is -0.925. The molecule has 1 fully saturated rings. The average Bonchev–Trinajstić information content (AvgIpc) is 3.24. The largest absolute Gasteiger partial charge is 0.480 e. The summed E-state index contributed by atoms with van der Waals surface area (Å²) >= 11 is 0. The Morgan fingerprint density at radius 2 is 1.69 bits per heavy atom. The van der Waals surface area contributed by atoms with Crippen molar-refractivity contribution in [1.29, 1.82) is 0 Å². The first kappa shape index (κ1) is 18.3. The van der Waals surface area contributed by atoms with Crippen molar-refractivity contribution < 1.29 is 9.90 Å². The number of aryl methyl sites for hydroxylation is 2. The maximum Gasteiger partial charge on any atom is 0.329 e. The molecule has 0 atom stereocenters. The summed E-state index contributed by atoms with van der Waals surface area (Å²) in [6.45, 7) is 0. The van der Waals surface area contributed by atoms with Crippen LogP contribution in [0.25, 0.3) is 22.3 Å². The third-order valence-corrected chi connectivity index (χ3v) is 4.62. The fourth-order valence-electron chi connectivity index (χ4n) is 2.82. The van der Waals surface area contributed by atoms with E-state index in [0.29, 0.717) is 41.2 Å². The maximum absolute atomic E-state index is 11.2. The molecule has 6 N–H and O–H groups in total. The van der Waals surface area contributed by atoms with E-state index < -0.39 is 11.5 Å². The van der Waals surface area contributed by atoms with Gasteiger partial charge in [-0.15, -0.1) is 0 Å². The Kier molecular flexibility index (Phi) is 4.14. The first-order valence-corrected chi connectivity index (χ1v) is 8.64. The van der Waals surface area contributed by atoms with Gasteiger partial charge in [0, 0.05) is 14.1 Å². The van der Waals surface area contributed by atoms with Crippen LogP contribution in [0, 0.1) is 0 Å². The van der Waals surface area contributed by atoms with Crippen LogP contribution in [0.1, 0.15) is 12.8 Å². The van der Waals surface area contributed by atoms with Gasteiger partial charge in [-0.25, -0.2) is 24.7 Å². The second kappa shape index (κ2) is 6.54. The normalized spacial score (nSPS) is 14.4. The summed E-state index contributed by atoms with van der Waals surface area (Å²) < 4.78 is 3.51. The summed E-state index contributed by atoms with van der Waals surface area (Å²) in [6.07, 6.45) is 5.82. The van der Waals surface area contributed by atoms with Gasteiger partial charge >= 0.3 is 5.97 Å². The van der Waals surface area contributed by atoms with Crippen molar-refractivity contribution in [2.24, 2.45) is 14.1 Å². The van der Waals surface area contributed by atoms with Crippen molar-refractivity contribution in [3.63, 3.8) is 0 Å². The summed E-state index contributed by atoms with van der Waals surface area (Å²) in [5.41, 5.74) is 12.8. The SMILES string of the molecule is Cn1cnc2c(N)ncnc21.Cn1cnc2c(NC3(C(=O)O)CC3)nc(N)nc21. The lowest BCUT2D eigenvalue weighted by Gasteiger charge is -2.13. The highest BCUT2D eigenvalue weighted by Crippen LogP contribution is 2.39. The van der Waals surface area contributed by atoms with Gasteiger partial charge in [0.25, 0.3) is 0 Å². The molecule has 1 aliphatic rings. The van der Waals surface area contributed by atoms with Crippen LogP contribution in [-0.4, -0.2) is 55.7 Å². The van der Waals surface area contributed by atoms with Crippen molar-refractivity contribution in [3.8, 4) is 0 Å². The lowest BCUT2D eigenvalue weighted by atomic mass is 10.2. The van der Waals surface area contributed by atoms with Crippen molar-refractivity contribution in [3.05, 3.63) is 19.0 Å². The molecule has 13 heteroatoms. The van der Waals surface area contributed by atoms with E-state index in [1.165, 1.54) is 6.33 Å². The monoisotopic (exact) mass is 397 g/mol. The van der Waals surface area contributed by atoms with Crippen LogP contribution in [0.2, 0.25) is 0 Å². The number of nitrogens with zero attached hydrogens (tertiary/aromatic N) is 8. The molecule has 0 aliphatic heterocycles. The predicted molar refractivity (Wildman–Crippen MR) is 105 cm³/mol. The lowest BCUT2D eigenvalue weighted by Crippen LogP contribution is -2.32. The van der Waals surface area contributed by atoms with E-state index in [1.807, 2.05) is 7.05 Å². The third kappa shape index (κ3) is 3.22. The molecule has 0 bridgehead atoms. The molecule has 0 radical (unpaired) electrons. The first-order chi connectivity index (χ1) is 13.8. The molecule has 1 saturated carbocycles. The van der Waals surface area contributed by atoms with E-state index >= 15 is 0 Å². The topological polar surface area (TPSA) is 189 Å². The standard InChI is InChI=1S/C10H12N6O2.C6H7N5/c1-16-4-12-5-6(13-9(11)14-7(5)16)15-10(2-3-10)8(17)18;1-11-3-10-4-5(7)8-2-9-6(4)11/h4H,2-3H2,1H3,(H,17,18)(H3,11,13,14,15);2-3H,1H3,(H2,7,8,9). The van der Waals surface area contributed by atoms with Crippen LogP contribution in [0.4, 0.5) is 17.6 Å². The zero-order valence-electron chi connectivity index (χ0n) is 15.7. The number of carboxylic acids is 1. The summed E-state index contributed by atoms with van der Waals surface area (Å²) in [5.74, 6) is 0.00662. The van der Waals surface area contributed by atoms with Crippen LogP contribution in [-0.2, 0) is 18.9 Å². The Labute approximate surface area is 163 Å². The molecule has 0 saturated heterocycles. The number of aromatic nitrogens is 8. The van der Waals surface area contributed by atoms with E-state index in [9.17, 15) is 4.79 Å². The highest BCUT2D eigenvalue weighted by atomic mass is 16.4. The van der Waals surface area contributed by atoms with Crippen LogP contribution in [0.5, 0.6) is 0 Å². The quantitative estimate of drug-likeness (QED) is 0.362. The van der Waals surface area contributed by atoms with Crippen molar-refractivity contribution in [1.82, 2.24) is 39.0 Å². The third-order valence-electron chi connectivity index (χ3n) is 4.62. The van der Waals surface area contributed by atoms with Crippen LogP contribution in [0.3, 0.4) is 0 Å². The van der Waals surface area contributed by atoms with Crippen molar-refractivity contribution in [2.75, 3.05) is 16.8 Å². The number of nitrogens with one attached hydrogen (secondary N) is 1. The van der Waals surface area contributed by atoms with Gasteiger partial charge in [0.15, 0.2) is 28.4 Å². The molecule has 0 spiro atoms. The Balaban J connectivity index is 0.000000159. The van der Waals surface area contributed by atoms with Crippen LogP contribution >= 0.6 is 0 Å². The molecule has 0 aromatic carbocycles. The smallest absolute Gasteiger partial charge is 0.329 e. The summed E-state index contributed by atoms with van der Waals surface area (Å²) in [6, 6.07) is 0. The van der Waals surface area contributed by atoms with Gasteiger partial charge < -0.3 is 31.0 Å². The number of carboxylic acid groups (broad SMARTS) is 1. The van der Waals surface area contributed by atoms with E-state index in [4.69, 9.17) is 16.6 Å². The van der Waals surface area contributed by atoms with Gasteiger partial charge in [-0.1, -0.05) is 0 Å². The Hall–Kier alpha value is -4.03. The molecule has 4 aromatic heterocycles. The predicted octanol–water partition coefficient (Wildman–Crippen LogP) is -0.0799. The van der Waals surface area contributed by atoms with E-state index in [0.717, 1.165) is 5.65 Å². The van der Waals surface area contributed by atoms with E-state index in [-0.39, 0.29) is 5.95 Å². The van der Waals surface area contributed by atoms with E-state index in [2.05, 4.69) is 35.2 Å². The number of aliphatic carboxylic acids is 1. The zero-order valence-corrected chi connectivity index (χ0v) is 15.7. The van der Waals surface area contributed by atoms with Crippen molar-refractivity contribution >= 4 is 45.9 Å². The second-order valence-corrected chi connectivity index (χ2v) is 6.76. The minimum absolute atomic E-state index is 0.0924. The number of rotatable bonds is 3.